The molecule has 4 heterocycles. The van der Waals surface area contributed by atoms with E-state index in [2.05, 4.69) is 5.32 Å². The Hall–Kier alpha value is -2.89. The van der Waals surface area contributed by atoms with Crippen molar-refractivity contribution in [3.63, 3.8) is 0 Å². The largest absolute Gasteiger partial charge is 0.427 e. The van der Waals surface area contributed by atoms with Gasteiger partial charge in [-0.25, -0.2) is 4.79 Å². The summed E-state index contributed by atoms with van der Waals surface area (Å²) in [5, 5.41) is 2.95. The molecule has 3 saturated heterocycles. The lowest BCUT2D eigenvalue weighted by Crippen LogP contribution is -2.44. The molecule has 2 amide bonds. The van der Waals surface area contributed by atoms with Gasteiger partial charge in [0.1, 0.15) is 11.3 Å². The van der Waals surface area contributed by atoms with Crippen LogP contribution in [0.25, 0.3) is 0 Å². The Balaban J connectivity index is 1.52. The van der Waals surface area contributed by atoms with Crippen molar-refractivity contribution in [1.82, 2.24) is 10.2 Å². The molecule has 1 N–H and O–H groups in total. The number of nitrogens with one attached hydrogen (secondary N) is 1. The molecular weight excluding hydrogens is 356 g/mol. The highest BCUT2D eigenvalue weighted by Crippen LogP contribution is 2.24. The van der Waals surface area contributed by atoms with Crippen molar-refractivity contribution >= 4 is 11.8 Å². The number of carbonyl (C=O) groups is 2. The number of carbonyl (C=O) groups excluding carboxylic acids is 2. The predicted molar refractivity (Wildman–Crippen MR) is 104 cm³/mol. The van der Waals surface area contributed by atoms with Crippen LogP contribution in [0.2, 0.25) is 0 Å². The van der Waals surface area contributed by atoms with Gasteiger partial charge in [-0.2, -0.15) is 0 Å². The average molecular weight is 380 g/mol. The molecular formula is C22H24N2O4. The molecule has 6 nitrogen and oxygen atoms in total. The van der Waals surface area contributed by atoms with E-state index in [1.165, 1.54) is 5.56 Å². The Bertz CT molecular complexity index is 951. The van der Waals surface area contributed by atoms with E-state index < -0.39 is 5.63 Å². The summed E-state index contributed by atoms with van der Waals surface area (Å²) in [7, 11) is 0. The number of benzene rings is 1. The van der Waals surface area contributed by atoms with Crippen LogP contribution in [0.3, 0.4) is 0 Å². The van der Waals surface area contributed by atoms with Crippen LogP contribution in [-0.2, 0) is 17.6 Å². The van der Waals surface area contributed by atoms with E-state index in [-0.39, 0.29) is 29.3 Å². The minimum Gasteiger partial charge on any atom is -0.427 e. The number of rotatable bonds is 4. The molecule has 3 aliphatic rings. The summed E-state index contributed by atoms with van der Waals surface area (Å²) in [6.45, 7) is 2.57. The third-order valence-electron chi connectivity index (χ3n) is 5.67. The van der Waals surface area contributed by atoms with E-state index in [9.17, 15) is 14.4 Å². The van der Waals surface area contributed by atoms with Crippen molar-refractivity contribution < 1.29 is 14.0 Å². The molecule has 3 aliphatic heterocycles. The molecule has 28 heavy (non-hydrogen) atoms. The van der Waals surface area contributed by atoms with Crippen LogP contribution in [-0.4, -0.2) is 35.8 Å². The lowest BCUT2D eigenvalue weighted by Gasteiger charge is -2.23. The van der Waals surface area contributed by atoms with E-state index in [1.54, 1.807) is 17.9 Å². The summed E-state index contributed by atoms with van der Waals surface area (Å²) in [6, 6.07) is 11.7. The van der Waals surface area contributed by atoms with Crippen molar-refractivity contribution in [2.24, 2.45) is 5.92 Å². The van der Waals surface area contributed by atoms with Crippen LogP contribution in [0.15, 0.2) is 45.6 Å². The van der Waals surface area contributed by atoms with Gasteiger partial charge >= 0.3 is 5.63 Å². The monoisotopic (exact) mass is 380 g/mol. The lowest BCUT2D eigenvalue weighted by molar-refractivity contribution is -0.126. The summed E-state index contributed by atoms with van der Waals surface area (Å²) < 4.78 is 5.46. The van der Waals surface area contributed by atoms with Gasteiger partial charge in [-0.3, -0.25) is 9.59 Å². The minimum atomic E-state index is -0.594. The maximum Gasteiger partial charge on any atom is 0.349 e. The Morgan fingerprint density at radius 2 is 1.93 bits per heavy atom. The SMILES string of the molecule is Cc1cc(CCc2ccccc2)oc(=O)c1C(=O)N1C[C@@H]2CC[C@H](C1)C(=O)N2. The Morgan fingerprint density at radius 3 is 2.64 bits per heavy atom. The summed E-state index contributed by atoms with van der Waals surface area (Å²) >= 11 is 0. The Kier molecular flexibility index (Phi) is 5.03. The van der Waals surface area contributed by atoms with Gasteiger partial charge in [0, 0.05) is 25.6 Å². The predicted octanol–water partition coefficient (Wildman–Crippen LogP) is 2.08. The van der Waals surface area contributed by atoms with Gasteiger partial charge in [-0.1, -0.05) is 30.3 Å². The number of piperidine rings is 1. The molecule has 0 aliphatic carbocycles. The first-order valence-electron chi connectivity index (χ1n) is 9.78. The first kappa shape index (κ1) is 18.5. The molecule has 2 atom stereocenters. The topological polar surface area (TPSA) is 79.6 Å². The van der Waals surface area contributed by atoms with Gasteiger partial charge in [0.15, 0.2) is 0 Å². The zero-order valence-corrected chi connectivity index (χ0v) is 15.9. The average Bonchev–Trinajstić information content (AvgIpc) is 2.98. The molecule has 6 heteroatoms. The van der Waals surface area contributed by atoms with Gasteiger partial charge in [-0.05, 0) is 43.4 Å². The standard InChI is InChI=1S/C22H24N2O4/c1-14-11-18(10-7-15-5-3-2-4-6-15)28-22(27)19(14)21(26)24-12-16-8-9-17(13-24)23-20(16)25/h2-6,11,16-17H,7-10,12-13H2,1H3,(H,23,25)/t16-,17+/m1/s1. The molecule has 0 spiro atoms. The molecule has 2 bridgehead atoms. The molecule has 1 aromatic heterocycles. The van der Waals surface area contributed by atoms with E-state index in [0.717, 1.165) is 19.3 Å². The van der Waals surface area contributed by atoms with Crippen molar-refractivity contribution in [2.45, 2.75) is 38.6 Å². The molecule has 5 rings (SSSR count). The van der Waals surface area contributed by atoms with Gasteiger partial charge < -0.3 is 14.6 Å². The highest BCUT2D eigenvalue weighted by molar-refractivity contribution is 5.96. The number of aryl methyl sites for hydroxylation is 3. The number of amides is 2. The maximum atomic E-state index is 13.0. The number of fused-ring (bicyclic) bond motifs is 4. The van der Waals surface area contributed by atoms with Crippen molar-refractivity contribution in [2.75, 3.05) is 13.1 Å². The zero-order chi connectivity index (χ0) is 19.7. The lowest BCUT2D eigenvalue weighted by atomic mass is 9.96. The second-order valence-corrected chi connectivity index (χ2v) is 7.73. The van der Waals surface area contributed by atoms with Crippen LogP contribution < -0.4 is 10.9 Å². The smallest absolute Gasteiger partial charge is 0.349 e. The first-order valence-corrected chi connectivity index (χ1v) is 9.78. The molecule has 2 aromatic rings. The fourth-order valence-corrected chi connectivity index (χ4v) is 4.13. The fraction of sp³-hybridized carbons (Fsp3) is 0.409. The third kappa shape index (κ3) is 3.72. The normalized spacial score (nSPS) is 21.3. The molecule has 3 fully saturated rings. The maximum absolute atomic E-state index is 13.0. The van der Waals surface area contributed by atoms with Gasteiger partial charge in [0.05, 0.1) is 5.92 Å². The molecule has 1 aromatic carbocycles. The van der Waals surface area contributed by atoms with Crippen LogP contribution in [0, 0.1) is 12.8 Å². The molecule has 0 unspecified atom stereocenters. The van der Waals surface area contributed by atoms with Gasteiger partial charge in [0.25, 0.3) is 5.91 Å². The van der Waals surface area contributed by atoms with Crippen LogP contribution in [0.1, 0.15) is 40.1 Å². The minimum absolute atomic E-state index is 0.00608. The number of nitrogens with zero attached hydrogens (tertiary/aromatic N) is 1. The zero-order valence-electron chi connectivity index (χ0n) is 15.9. The molecule has 0 saturated carbocycles. The molecule has 0 radical (unpaired) electrons. The summed E-state index contributed by atoms with van der Waals surface area (Å²) in [5.41, 5.74) is 1.28. The van der Waals surface area contributed by atoms with Crippen LogP contribution >= 0.6 is 0 Å². The fourth-order valence-electron chi connectivity index (χ4n) is 4.13. The highest BCUT2D eigenvalue weighted by Gasteiger charge is 2.37. The van der Waals surface area contributed by atoms with Crippen molar-refractivity contribution in [3.8, 4) is 0 Å². The van der Waals surface area contributed by atoms with Crippen molar-refractivity contribution in [3.05, 3.63) is 69.3 Å². The molecule has 146 valence electrons. The van der Waals surface area contributed by atoms with Crippen LogP contribution in [0.4, 0.5) is 0 Å². The second-order valence-electron chi connectivity index (χ2n) is 7.73. The van der Waals surface area contributed by atoms with Crippen molar-refractivity contribution in [1.29, 1.82) is 0 Å². The number of hydrogen-bond acceptors (Lipinski definition) is 4. The summed E-state index contributed by atoms with van der Waals surface area (Å²) in [4.78, 5) is 39.3. The first-order chi connectivity index (χ1) is 13.5. The number of hydrogen-bond donors (Lipinski definition) is 1. The Labute approximate surface area is 163 Å². The van der Waals surface area contributed by atoms with E-state index in [1.807, 2.05) is 30.3 Å². The second kappa shape index (κ2) is 7.62. The third-order valence-corrected chi connectivity index (χ3v) is 5.67. The summed E-state index contributed by atoms with van der Waals surface area (Å²) in [6.07, 6.45) is 3.01. The van der Waals surface area contributed by atoms with Crippen LogP contribution in [0.5, 0.6) is 0 Å². The quantitative estimate of drug-likeness (QED) is 0.881. The highest BCUT2D eigenvalue weighted by atomic mass is 16.4. The van der Waals surface area contributed by atoms with E-state index in [4.69, 9.17) is 4.42 Å². The van der Waals surface area contributed by atoms with Gasteiger partial charge in [-0.15, -0.1) is 0 Å². The van der Waals surface area contributed by atoms with E-state index >= 15 is 0 Å². The van der Waals surface area contributed by atoms with Gasteiger partial charge in [0.2, 0.25) is 5.91 Å². The van der Waals surface area contributed by atoms with E-state index in [0.29, 0.717) is 30.8 Å². The Morgan fingerprint density at radius 1 is 1.14 bits per heavy atom. The summed E-state index contributed by atoms with van der Waals surface area (Å²) in [5.74, 6) is 0.0525.